The van der Waals surface area contributed by atoms with Crippen LogP contribution in [0.4, 0.5) is 4.79 Å². The zero-order chi connectivity index (χ0) is 20.3. The minimum absolute atomic E-state index is 0.189. The quantitative estimate of drug-likeness (QED) is 0.396. The standard InChI is InChI=1S/C18H35N3O5/c1-12(2)11-14(16(23)25-6)20-15(22)13(9-7-8-10-19)21-17(24)26-18(3,4)5/h12-14H,7-11,19H2,1-6H3,(H,20,22)(H,21,24)/t13-,14-/m0/s1. The Morgan fingerprint density at radius 1 is 1.04 bits per heavy atom. The van der Waals surface area contributed by atoms with Crippen molar-refractivity contribution in [2.45, 2.75) is 78.0 Å². The van der Waals surface area contributed by atoms with Crippen LogP contribution in [0, 0.1) is 5.92 Å². The third-order valence-corrected chi connectivity index (χ3v) is 3.46. The van der Waals surface area contributed by atoms with Gasteiger partial charge < -0.3 is 25.8 Å². The van der Waals surface area contributed by atoms with Crippen molar-refractivity contribution in [2.24, 2.45) is 11.7 Å². The molecule has 0 bridgehead atoms. The molecule has 0 saturated carbocycles. The number of amides is 2. The van der Waals surface area contributed by atoms with Crippen LogP contribution in [0.25, 0.3) is 0 Å². The number of hydrogen-bond acceptors (Lipinski definition) is 6. The number of unbranched alkanes of at least 4 members (excludes halogenated alkanes) is 1. The topological polar surface area (TPSA) is 120 Å². The fourth-order valence-corrected chi connectivity index (χ4v) is 2.31. The number of esters is 1. The fourth-order valence-electron chi connectivity index (χ4n) is 2.31. The van der Waals surface area contributed by atoms with Gasteiger partial charge in [0, 0.05) is 0 Å². The Labute approximate surface area is 156 Å². The summed E-state index contributed by atoms with van der Waals surface area (Å²) in [5.74, 6) is -0.761. The first kappa shape index (κ1) is 24.2. The monoisotopic (exact) mass is 373 g/mol. The molecule has 0 radical (unpaired) electrons. The number of ether oxygens (including phenoxy) is 2. The average Bonchev–Trinajstić information content (AvgIpc) is 2.50. The maximum Gasteiger partial charge on any atom is 0.408 e. The molecule has 0 aromatic heterocycles. The van der Waals surface area contributed by atoms with Crippen molar-refractivity contribution in [2.75, 3.05) is 13.7 Å². The lowest BCUT2D eigenvalue weighted by molar-refractivity contribution is -0.145. The summed E-state index contributed by atoms with van der Waals surface area (Å²) in [6.07, 6.45) is 1.56. The van der Waals surface area contributed by atoms with Gasteiger partial charge in [-0.3, -0.25) is 4.79 Å². The molecule has 0 spiro atoms. The number of nitrogens with one attached hydrogen (secondary N) is 2. The first-order chi connectivity index (χ1) is 12.0. The van der Waals surface area contributed by atoms with Crippen LogP contribution in [0.2, 0.25) is 0 Å². The summed E-state index contributed by atoms with van der Waals surface area (Å²) in [7, 11) is 1.28. The molecular weight excluding hydrogens is 338 g/mol. The molecule has 4 N–H and O–H groups in total. The number of hydrogen-bond donors (Lipinski definition) is 3. The van der Waals surface area contributed by atoms with E-state index in [0.717, 1.165) is 6.42 Å². The van der Waals surface area contributed by atoms with Gasteiger partial charge in [-0.05, 0) is 58.9 Å². The molecule has 0 rings (SSSR count). The van der Waals surface area contributed by atoms with Crippen molar-refractivity contribution in [1.82, 2.24) is 10.6 Å². The molecule has 0 fully saturated rings. The molecule has 0 aliphatic heterocycles. The van der Waals surface area contributed by atoms with E-state index in [9.17, 15) is 14.4 Å². The molecule has 0 heterocycles. The molecular formula is C18H35N3O5. The van der Waals surface area contributed by atoms with Crippen LogP contribution in [-0.4, -0.2) is 49.3 Å². The van der Waals surface area contributed by atoms with Crippen LogP contribution in [0.5, 0.6) is 0 Å². The van der Waals surface area contributed by atoms with E-state index >= 15 is 0 Å². The van der Waals surface area contributed by atoms with Crippen LogP contribution in [0.3, 0.4) is 0 Å². The average molecular weight is 373 g/mol. The Morgan fingerprint density at radius 2 is 1.65 bits per heavy atom. The van der Waals surface area contributed by atoms with Crippen molar-refractivity contribution in [3.63, 3.8) is 0 Å². The van der Waals surface area contributed by atoms with E-state index in [1.807, 2.05) is 13.8 Å². The molecule has 0 unspecified atom stereocenters. The van der Waals surface area contributed by atoms with Gasteiger partial charge in [0.2, 0.25) is 5.91 Å². The molecule has 0 saturated heterocycles. The van der Waals surface area contributed by atoms with E-state index in [0.29, 0.717) is 25.8 Å². The number of alkyl carbamates (subject to hydrolysis) is 1. The van der Waals surface area contributed by atoms with E-state index in [4.69, 9.17) is 15.2 Å². The number of nitrogens with two attached hydrogens (primary N) is 1. The van der Waals surface area contributed by atoms with Crippen molar-refractivity contribution >= 4 is 18.0 Å². The van der Waals surface area contributed by atoms with E-state index in [1.54, 1.807) is 20.8 Å². The molecule has 2 atom stereocenters. The van der Waals surface area contributed by atoms with Gasteiger partial charge in [0.05, 0.1) is 7.11 Å². The van der Waals surface area contributed by atoms with Crippen molar-refractivity contribution in [3.8, 4) is 0 Å². The van der Waals surface area contributed by atoms with Crippen molar-refractivity contribution in [1.29, 1.82) is 0 Å². The van der Waals surface area contributed by atoms with Crippen molar-refractivity contribution < 1.29 is 23.9 Å². The predicted octanol–water partition coefficient (Wildman–Crippen LogP) is 1.71. The van der Waals surface area contributed by atoms with Gasteiger partial charge in [-0.15, -0.1) is 0 Å². The highest BCUT2D eigenvalue weighted by atomic mass is 16.6. The maximum absolute atomic E-state index is 12.6. The van der Waals surface area contributed by atoms with Crippen LogP contribution < -0.4 is 16.4 Å². The first-order valence-corrected chi connectivity index (χ1v) is 9.08. The molecule has 0 aliphatic rings. The van der Waals surface area contributed by atoms with Gasteiger partial charge in [0.15, 0.2) is 0 Å². The molecule has 0 aromatic rings. The highest BCUT2D eigenvalue weighted by molar-refractivity contribution is 5.89. The summed E-state index contributed by atoms with van der Waals surface area (Å²) >= 11 is 0. The Kier molecular flexibility index (Phi) is 10.9. The van der Waals surface area contributed by atoms with Gasteiger partial charge in [-0.2, -0.15) is 0 Å². The summed E-state index contributed by atoms with van der Waals surface area (Å²) in [5, 5.41) is 5.26. The lowest BCUT2D eigenvalue weighted by Gasteiger charge is -2.25. The Bertz CT molecular complexity index is 460. The molecule has 8 heteroatoms. The number of methoxy groups -OCH3 is 1. The summed E-state index contributed by atoms with van der Waals surface area (Å²) < 4.78 is 9.97. The highest BCUT2D eigenvalue weighted by Crippen LogP contribution is 2.10. The SMILES string of the molecule is COC(=O)[C@H](CC(C)C)NC(=O)[C@H](CCCCN)NC(=O)OC(C)(C)C. The van der Waals surface area contributed by atoms with Crippen LogP contribution in [0.15, 0.2) is 0 Å². The van der Waals surface area contributed by atoms with Gasteiger partial charge in [-0.1, -0.05) is 13.8 Å². The lowest BCUT2D eigenvalue weighted by Crippen LogP contribution is -2.52. The molecule has 26 heavy (non-hydrogen) atoms. The fraction of sp³-hybridized carbons (Fsp3) is 0.833. The largest absolute Gasteiger partial charge is 0.467 e. The van der Waals surface area contributed by atoms with Gasteiger partial charge in [0.25, 0.3) is 0 Å². The molecule has 2 amide bonds. The number of rotatable bonds is 10. The third-order valence-electron chi connectivity index (χ3n) is 3.46. The van der Waals surface area contributed by atoms with E-state index in [2.05, 4.69) is 10.6 Å². The predicted molar refractivity (Wildman–Crippen MR) is 99.5 cm³/mol. The first-order valence-electron chi connectivity index (χ1n) is 9.08. The lowest BCUT2D eigenvalue weighted by atomic mass is 10.0. The number of carbonyl (C=O) groups is 3. The minimum Gasteiger partial charge on any atom is -0.467 e. The van der Waals surface area contributed by atoms with E-state index < -0.39 is 35.7 Å². The summed E-state index contributed by atoms with van der Waals surface area (Å²) in [6, 6.07) is -1.57. The van der Waals surface area contributed by atoms with Gasteiger partial charge in [0.1, 0.15) is 17.7 Å². The molecule has 0 aliphatic carbocycles. The zero-order valence-electron chi connectivity index (χ0n) is 16.9. The molecule has 152 valence electrons. The highest BCUT2D eigenvalue weighted by Gasteiger charge is 2.28. The number of carbonyl (C=O) groups excluding carboxylic acids is 3. The Morgan fingerprint density at radius 3 is 2.12 bits per heavy atom. The van der Waals surface area contributed by atoms with E-state index in [1.165, 1.54) is 7.11 Å². The van der Waals surface area contributed by atoms with E-state index in [-0.39, 0.29) is 5.92 Å². The Balaban J connectivity index is 5.04. The second-order valence-electron chi connectivity index (χ2n) is 7.70. The second-order valence-corrected chi connectivity index (χ2v) is 7.70. The smallest absolute Gasteiger partial charge is 0.408 e. The summed E-state index contributed by atoms with van der Waals surface area (Å²) in [6.45, 7) is 9.61. The maximum atomic E-state index is 12.6. The zero-order valence-corrected chi connectivity index (χ0v) is 16.9. The summed E-state index contributed by atoms with van der Waals surface area (Å²) in [5.41, 5.74) is 4.82. The second kappa shape index (κ2) is 11.7. The third kappa shape index (κ3) is 10.9. The Hall–Kier alpha value is -1.83. The van der Waals surface area contributed by atoms with Crippen molar-refractivity contribution in [3.05, 3.63) is 0 Å². The van der Waals surface area contributed by atoms with Crippen LogP contribution in [-0.2, 0) is 19.1 Å². The van der Waals surface area contributed by atoms with Gasteiger partial charge >= 0.3 is 12.1 Å². The minimum atomic E-state index is -0.810. The normalized spacial score (nSPS) is 13.7. The molecule has 0 aromatic carbocycles. The van der Waals surface area contributed by atoms with Crippen LogP contribution in [0.1, 0.15) is 60.3 Å². The van der Waals surface area contributed by atoms with Gasteiger partial charge in [-0.25, -0.2) is 9.59 Å². The van der Waals surface area contributed by atoms with Crippen LogP contribution >= 0.6 is 0 Å². The molecule has 8 nitrogen and oxygen atoms in total. The summed E-state index contributed by atoms with van der Waals surface area (Å²) in [4.78, 5) is 36.6.